The second-order valence-electron chi connectivity index (χ2n) is 5.14. The molecule has 90 valence electrons. The first-order chi connectivity index (χ1) is 8.25. The Kier molecular flexibility index (Phi) is 2.63. The Labute approximate surface area is 102 Å². The van der Waals surface area contributed by atoms with Crippen LogP contribution >= 0.6 is 0 Å². The molecule has 0 spiro atoms. The summed E-state index contributed by atoms with van der Waals surface area (Å²) in [7, 11) is 0. The first-order valence-electron chi connectivity index (χ1n) is 6.34. The zero-order valence-electron chi connectivity index (χ0n) is 10.1. The topological polar surface area (TPSA) is 32.3 Å². The van der Waals surface area contributed by atoms with Crippen LogP contribution in [0.15, 0.2) is 24.3 Å². The van der Waals surface area contributed by atoms with Gasteiger partial charge in [-0.1, -0.05) is 17.7 Å². The highest BCUT2D eigenvalue weighted by molar-refractivity contribution is 5.94. The van der Waals surface area contributed by atoms with E-state index in [9.17, 15) is 4.79 Å². The molecule has 2 atom stereocenters. The van der Waals surface area contributed by atoms with Gasteiger partial charge < -0.3 is 10.2 Å². The van der Waals surface area contributed by atoms with Crippen molar-refractivity contribution in [2.24, 2.45) is 5.92 Å². The second-order valence-corrected chi connectivity index (χ2v) is 5.14. The summed E-state index contributed by atoms with van der Waals surface area (Å²) in [5, 5.41) is 3.38. The molecule has 2 saturated heterocycles. The molecule has 3 rings (SSSR count). The lowest BCUT2D eigenvalue weighted by molar-refractivity contribution is 0.0737. The molecule has 0 aromatic heterocycles. The predicted octanol–water partition coefficient (Wildman–Crippen LogP) is 1.43. The highest BCUT2D eigenvalue weighted by Crippen LogP contribution is 2.28. The first-order valence-corrected chi connectivity index (χ1v) is 6.34. The summed E-state index contributed by atoms with van der Waals surface area (Å²) in [6.07, 6.45) is 1.15. The second kappa shape index (κ2) is 4.15. The molecule has 2 aliphatic rings. The minimum absolute atomic E-state index is 0.196. The van der Waals surface area contributed by atoms with Gasteiger partial charge in [-0.15, -0.1) is 0 Å². The van der Waals surface area contributed by atoms with E-state index in [1.54, 1.807) is 0 Å². The quantitative estimate of drug-likeness (QED) is 0.791. The van der Waals surface area contributed by atoms with Crippen LogP contribution in [0.4, 0.5) is 0 Å². The van der Waals surface area contributed by atoms with Gasteiger partial charge in [-0.05, 0) is 31.4 Å². The Balaban J connectivity index is 1.80. The number of hydrogen-bond donors (Lipinski definition) is 1. The predicted molar refractivity (Wildman–Crippen MR) is 67.0 cm³/mol. The zero-order chi connectivity index (χ0) is 11.8. The van der Waals surface area contributed by atoms with E-state index >= 15 is 0 Å². The van der Waals surface area contributed by atoms with Gasteiger partial charge in [0.05, 0.1) is 0 Å². The van der Waals surface area contributed by atoms with E-state index in [4.69, 9.17) is 0 Å². The third-order valence-electron chi connectivity index (χ3n) is 4.00. The molecule has 2 unspecified atom stereocenters. The summed E-state index contributed by atoms with van der Waals surface area (Å²) in [6, 6.07) is 8.31. The molecule has 3 nitrogen and oxygen atoms in total. The number of amides is 1. The van der Waals surface area contributed by atoms with Crippen molar-refractivity contribution in [1.29, 1.82) is 0 Å². The van der Waals surface area contributed by atoms with Crippen LogP contribution in [-0.4, -0.2) is 36.5 Å². The number of benzene rings is 1. The summed E-state index contributed by atoms with van der Waals surface area (Å²) in [4.78, 5) is 14.4. The van der Waals surface area contributed by atoms with Gasteiger partial charge in [-0.25, -0.2) is 0 Å². The molecule has 3 heteroatoms. The fraction of sp³-hybridized carbons (Fsp3) is 0.500. The van der Waals surface area contributed by atoms with Crippen molar-refractivity contribution >= 4 is 5.91 Å². The summed E-state index contributed by atoms with van der Waals surface area (Å²) >= 11 is 0. The van der Waals surface area contributed by atoms with Crippen molar-refractivity contribution in [2.45, 2.75) is 19.4 Å². The van der Waals surface area contributed by atoms with Crippen LogP contribution in [0.5, 0.6) is 0 Å². The highest BCUT2D eigenvalue weighted by atomic mass is 16.2. The Morgan fingerprint density at radius 2 is 2.06 bits per heavy atom. The number of nitrogens with zero attached hydrogens (tertiary/aromatic N) is 1. The molecule has 1 aromatic carbocycles. The average molecular weight is 230 g/mol. The van der Waals surface area contributed by atoms with Crippen molar-refractivity contribution in [3.8, 4) is 0 Å². The van der Waals surface area contributed by atoms with Crippen LogP contribution < -0.4 is 5.32 Å². The van der Waals surface area contributed by atoms with Gasteiger partial charge in [-0.3, -0.25) is 4.79 Å². The number of likely N-dealkylation sites (tertiary alicyclic amines) is 1. The van der Waals surface area contributed by atoms with Crippen molar-refractivity contribution < 1.29 is 4.79 Å². The van der Waals surface area contributed by atoms with Crippen LogP contribution in [0.25, 0.3) is 0 Å². The molecular weight excluding hydrogens is 212 g/mol. The summed E-state index contributed by atoms with van der Waals surface area (Å²) in [6.45, 7) is 5.00. The van der Waals surface area contributed by atoms with Crippen molar-refractivity contribution in [3.05, 3.63) is 35.4 Å². The maximum atomic E-state index is 12.4. The molecule has 1 N–H and O–H groups in total. The van der Waals surface area contributed by atoms with E-state index in [1.807, 2.05) is 31.2 Å². The Hall–Kier alpha value is -1.35. The number of hydrogen-bond acceptors (Lipinski definition) is 2. The summed E-state index contributed by atoms with van der Waals surface area (Å²) in [5.74, 6) is 0.866. The highest BCUT2D eigenvalue weighted by Gasteiger charge is 2.39. The lowest BCUT2D eigenvalue weighted by Crippen LogP contribution is -2.39. The van der Waals surface area contributed by atoms with E-state index in [2.05, 4.69) is 10.2 Å². The molecule has 1 amide bonds. The lowest BCUT2D eigenvalue weighted by Gasteiger charge is -2.23. The SMILES string of the molecule is Cc1ccc(C(=O)N2CCC3CNCC32)cc1. The number of nitrogens with one attached hydrogen (secondary N) is 1. The molecule has 0 bridgehead atoms. The number of aryl methyl sites for hydroxylation is 1. The van der Waals surface area contributed by atoms with Gasteiger partial charge in [0, 0.05) is 31.2 Å². The molecule has 0 radical (unpaired) electrons. The minimum Gasteiger partial charge on any atom is -0.334 e. The number of rotatable bonds is 1. The molecule has 2 heterocycles. The van der Waals surface area contributed by atoms with Crippen LogP contribution in [0.1, 0.15) is 22.3 Å². The van der Waals surface area contributed by atoms with Crippen molar-refractivity contribution in [3.63, 3.8) is 0 Å². The van der Waals surface area contributed by atoms with Gasteiger partial charge in [0.15, 0.2) is 0 Å². The minimum atomic E-state index is 0.196. The van der Waals surface area contributed by atoms with Crippen LogP contribution in [0, 0.1) is 12.8 Å². The molecule has 0 aliphatic carbocycles. The number of fused-ring (bicyclic) bond motifs is 1. The largest absolute Gasteiger partial charge is 0.334 e. The van der Waals surface area contributed by atoms with Crippen molar-refractivity contribution in [2.75, 3.05) is 19.6 Å². The van der Waals surface area contributed by atoms with Crippen molar-refractivity contribution in [1.82, 2.24) is 10.2 Å². The van der Waals surface area contributed by atoms with Crippen LogP contribution in [0.2, 0.25) is 0 Å². The smallest absolute Gasteiger partial charge is 0.254 e. The Morgan fingerprint density at radius 3 is 2.82 bits per heavy atom. The maximum absolute atomic E-state index is 12.4. The zero-order valence-corrected chi connectivity index (χ0v) is 10.1. The Morgan fingerprint density at radius 1 is 1.29 bits per heavy atom. The molecule has 1 aromatic rings. The van der Waals surface area contributed by atoms with Gasteiger partial charge in [0.25, 0.3) is 5.91 Å². The molecule has 17 heavy (non-hydrogen) atoms. The standard InChI is InChI=1S/C14H18N2O/c1-10-2-4-11(5-3-10)14(17)16-7-6-12-8-15-9-13(12)16/h2-5,12-13,15H,6-9H2,1H3. The van der Waals surface area contributed by atoms with Gasteiger partial charge in [0.1, 0.15) is 0 Å². The van der Waals surface area contributed by atoms with E-state index in [0.29, 0.717) is 12.0 Å². The summed E-state index contributed by atoms with van der Waals surface area (Å²) in [5.41, 5.74) is 2.02. The van der Waals surface area contributed by atoms with E-state index in [0.717, 1.165) is 31.6 Å². The molecule has 2 fully saturated rings. The third-order valence-corrected chi connectivity index (χ3v) is 4.00. The van der Waals surface area contributed by atoms with E-state index < -0.39 is 0 Å². The van der Waals surface area contributed by atoms with E-state index in [1.165, 1.54) is 5.56 Å². The number of carbonyl (C=O) groups excluding carboxylic acids is 1. The van der Waals surface area contributed by atoms with E-state index in [-0.39, 0.29) is 5.91 Å². The lowest BCUT2D eigenvalue weighted by atomic mass is 10.0. The van der Waals surface area contributed by atoms with Gasteiger partial charge in [0.2, 0.25) is 0 Å². The van der Waals surface area contributed by atoms with Crippen LogP contribution in [0.3, 0.4) is 0 Å². The normalized spacial score (nSPS) is 27.2. The summed E-state index contributed by atoms with van der Waals surface area (Å²) < 4.78 is 0. The fourth-order valence-corrected chi connectivity index (χ4v) is 2.96. The average Bonchev–Trinajstić information content (AvgIpc) is 2.90. The molecular formula is C14H18N2O. The monoisotopic (exact) mass is 230 g/mol. The maximum Gasteiger partial charge on any atom is 0.254 e. The molecule has 2 aliphatic heterocycles. The van der Waals surface area contributed by atoms with Gasteiger partial charge >= 0.3 is 0 Å². The number of carbonyl (C=O) groups is 1. The third kappa shape index (κ3) is 1.84. The fourth-order valence-electron chi connectivity index (χ4n) is 2.96. The van der Waals surface area contributed by atoms with Gasteiger partial charge in [-0.2, -0.15) is 0 Å². The first kappa shape index (κ1) is 10.8. The van der Waals surface area contributed by atoms with Crippen LogP contribution in [-0.2, 0) is 0 Å². The molecule has 0 saturated carbocycles. The Bertz CT molecular complexity index is 426.